The Labute approximate surface area is 171 Å². The van der Waals surface area contributed by atoms with Crippen molar-refractivity contribution >= 4 is 32.1 Å². The van der Waals surface area contributed by atoms with Crippen molar-refractivity contribution in [2.75, 3.05) is 19.5 Å². The highest BCUT2D eigenvalue weighted by Gasteiger charge is 2.34. The predicted molar refractivity (Wildman–Crippen MR) is 107 cm³/mol. The first kappa shape index (κ1) is 21.4. The number of benzene rings is 2. The molecule has 0 amide bonds. The number of ether oxygens (including phenoxy) is 2. The fourth-order valence-corrected chi connectivity index (χ4v) is 3.84. The van der Waals surface area contributed by atoms with Gasteiger partial charge in [0.1, 0.15) is 4.70 Å². The van der Waals surface area contributed by atoms with Crippen LogP contribution in [0, 0.1) is 10.1 Å². The van der Waals surface area contributed by atoms with Crippen LogP contribution in [0.15, 0.2) is 41.2 Å². The Kier molecular flexibility index (Phi) is 5.83. The molecule has 158 valence electrons. The van der Waals surface area contributed by atoms with E-state index in [0.29, 0.717) is 23.6 Å². The molecule has 3 aromatic rings. The number of rotatable bonds is 6. The van der Waals surface area contributed by atoms with E-state index in [2.05, 4.69) is 5.32 Å². The standard InChI is InChI=1S/C19H15F3N2O5S/c1-28-15-4-3-10(5-16(15)29-2)9-23-17-8-14(25)12-6-11(19(20,21)22)7-13(24(26)27)18(12)30-17/h3-8,23H,9H2,1-2H3. The van der Waals surface area contributed by atoms with E-state index in [1.165, 1.54) is 14.2 Å². The molecule has 1 N–H and O–H groups in total. The number of nitro benzene ring substituents is 1. The summed E-state index contributed by atoms with van der Waals surface area (Å²) >= 11 is 0.836. The van der Waals surface area contributed by atoms with Gasteiger partial charge in [0, 0.05) is 24.1 Å². The van der Waals surface area contributed by atoms with Crippen LogP contribution >= 0.6 is 11.3 Å². The monoisotopic (exact) mass is 440 g/mol. The Morgan fingerprint density at radius 1 is 1.10 bits per heavy atom. The van der Waals surface area contributed by atoms with E-state index >= 15 is 0 Å². The number of anilines is 1. The number of alkyl halides is 3. The molecular formula is C19H15F3N2O5S. The third-order valence-corrected chi connectivity index (χ3v) is 5.36. The van der Waals surface area contributed by atoms with Gasteiger partial charge in [-0.3, -0.25) is 14.9 Å². The van der Waals surface area contributed by atoms with Crippen molar-refractivity contribution in [3.05, 3.63) is 67.9 Å². The summed E-state index contributed by atoms with van der Waals surface area (Å²) in [5, 5.41) is 14.2. The summed E-state index contributed by atoms with van der Waals surface area (Å²) < 4.78 is 49.4. The van der Waals surface area contributed by atoms with Gasteiger partial charge in [0.05, 0.1) is 29.7 Å². The van der Waals surface area contributed by atoms with Gasteiger partial charge in [0.2, 0.25) is 0 Å². The van der Waals surface area contributed by atoms with Gasteiger partial charge in [-0.05, 0) is 23.8 Å². The molecule has 30 heavy (non-hydrogen) atoms. The Balaban J connectivity index is 1.99. The number of methoxy groups -OCH3 is 2. The van der Waals surface area contributed by atoms with Crippen LogP contribution in [0.25, 0.3) is 10.1 Å². The molecule has 11 heteroatoms. The summed E-state index contributed by atoms with van der Waals surface area (Å²) in [6.45, 7) is 0.246. The Morgan fingerprint density at radius 3 is 2.40 bits per heavy atom. The number of halogens is 3. The highest BCUT2D eigenvalue weighted by Crippen LogP contribution is 2.38. The molecule has 0 saturated heterocycles. The van der Waals surface area contributed by atoms with E-state index in [9.17, 15) is 28.1 Å². The fourth-order valence-electron chi connectivity index (χ4n) is 2.81. The van der Waals surface area contributed by atoms with Crippen LogP contribution in [0.3, 0.4) is 0 Å². The first-order valence-electron chi connectivity index (χ1n) is 8.42. The fraction of sp³-hybridized carbons (Fsp3) is 0.211. The Bertz CT molecular complexity index is 1180. The quantitative estimate of drug-likeness (QED) is 0.437. The largest absolute Gasteiger partial charge is 0.493 e. The van der Waals surface area contributed by atoms with E-state index in [1.807, 2.05) is 0 Å². The molecule has 0 saturated carbocycles. The van der Waals surface area contributed by atoms with Crippen LogP contribution in [0.1, 0.15) is 11.1 Å². The average molecular weight is 440 g/mol. The lowest BCUT2D eigenvalue weighted by molar-refractivity contribution is -0.383. The zero-order chi connectivity index (χ0) is 22.1. The smallest absolute Gasteiger partial charge is 0.416 e. The van der Waals surface area contributed by atoms with Crippen LogP contribution < -0.4 is 20.2 Å². The zero-order valence-electron chi connectivity index (χ0n) is 15.7. The number of nitrogens with one attached hydrogen (secondary N) is 1. The molecule has 0 aliphatic heterocycles. The SMILES string of the molecule is COc1ccc(CNc2cc(=O)c3cc(C(F)(F)F)cc([N+](=O)[O-])c3s2)cc1OC. The number of nitro groups is 1. The van der Waals surface area contributed by atoms with Crippen LogP contribution in [-0.2, 0) is 12.7 Å². The molecule has 0 unspecified atom stereocenters. The number of hydrogen-bond acceptors (Lipinski definition) is 7. The maximum atomic E-state index is 13.0. The summed E-state index contributed by atoms with van der Waals surface area (Å²) in [4.78, 5) is 22.8. The lowest BCUT2D eigenvalue weighted by Crippen LogP contribution is -2.09. The molecular weight excluding hydrogens is 425 g/mol. The maximum absolute atomic E-state index is 13.0. The van der Waals surface area contributed by atoms with E-state index in [0.717, 1.165) is 23.0 Å². The van der Waals surface area contributed by atoms with E-state index in [4.69, 9.17) is 9.47 Å². The van der Waals surface area contributed by atoms with Gasteiger partial charge in [0.25, 0.3) is 5.69 Å². The minimum Gasteiger partial charge on any atom is -0.493 e. The van der Waals surface area contributed by atoms with Gasteiger partial charge in [-0.2, -0.15) is 13.2 Å². The van der Waals surface area contributed by atoms with Gasteiger partial charge < -0.3 is 14.8 Å². The lowest BCUT2D eigenvalue weighted by Gasteiger charge is -2.11. The molecule has 0 spiro atoms. The van der Waals surface area contributed by atoms with Crippen LogP contribution in [0.5, 0.6) is 11.5 Å². The van der Waals surface area contributed by atoms with E-state index in [-0.39, 0.29) is 21.6 Å². The van der Waals surface area contributed by atoms with Crippen LogP contribution in [0.4, 0.5) is 23.9 Å². The lowest BCUT2D eigenvalue weighted by atomic mass is 10.1. The first-order chi connectivity index (χ1) is 14.1. The molecule has 1 aromatic heterocycles. The first-order valence-corrected chi connectivity index (χ1v) is 9.24. The van der Waals surface area contributed by atoms with Crippen molar-refractivity contribution in [2.24, 2.45) is 0 Å². The van der Waals surface area contributed by atoms with Crippen LogP contribution in [0.2, 0.25) is 0 Å². The summed E-state index contributed by atoms with van der Waals surface area (Å²) in [7, 11) is 2.98. The van der Waals surface area contributed by atoms with Gasteiger partial charge >= 0.3 is 6.18 Å². The molecule has 2 aromatic carbocycles. The molecule has 7 nitrogen and oxygen atoms in total. The highest BCUT2D eigenvalue weighted by atomic mass is 32.1. The van der Waals surface area contributed by atoms with Crippen molar-refractivity contribution in [2.45, 2.75) is 12.7 Å². The van der Waals surface area contributed by atoms with Crippen molar-refractivity contribution in [3.63, 3.8) is 0 Å². The average Bonchev–Trinajstić information content (AvgIpc) is 2.70. The molecule has 0 aliphatic carbocycles. The van der Waals surface area contributed by atoms with Gasteiger partial charge in [0.15, 0.2) is 16.9 Å². The van der Waals surface area contributed by atoms with Crippen molar-refractivity contribution in [3.8, 4) is 11.5 Å². The second-order valence-electron chi connectivity index (χ2n) is 6.14. The third-order valence-electron chi connectivity index (χ3n) is 4.25. The molecule has 0 radical (unpaired) electrons. The number of fused-ring (bicyclic) bond motifs is 1. The number of nitrogens with zero attached hydrogens (tertiary/aromatic N) is 1. The molecule has 0 aliphatic rings. The zero-order valence-corrected chi connectivity index (χ0v) is 16.5. The van der Waals surface area contributed by atoms with Gasteiger partial charge in [-0.25, -0.2) is 0 Å². The highest BCUT2D eigenvalue weighted by molar-refractivity contribution is 7.22. The molecule has 0 bridgehead atoms. The summed E-state index contributed by atoms with van der Waals surface area (Å²) in [6, 6.07) is 7.37. The van der Waals surface area contributed by atoms with Gasteiger partial charge in [-0.15, -0.1) is 11.3 Å². The summed E-state index contributed by atoms with van der Waals surface area (Å²) in [5.74, 6) is 1.03. The van der Waals surface area contributed by atoms with Gasteiger partial charge in [-0.1, -0.05) is 6.07 Å². The molecule has 0 fully saturated rings. The van der Waals surface area contributed by atoms with E-state index < -0.39 is 27.8 Å². The minimum atomic E-state index is -4.81. The third kappa shape index (κ3) is 4.30. The number of non-ortho nitro benzene ring substituents is 1. The molecule has 3 rings (SSSR count). The van der Waals surface area contributed by atoms with Crippen molar-refractivity contribution in [1.29, 1.82) is 0 Å². The van der Waals surface area contributed by atoms with Crippen molar-refractivity contribution in [1.82, 2.24) is 0 Å². The summed E-state index contributed by atoms with van der Waals surface area (Å²) in [5.41, 5.74) is -1.98. The topological polar surface area (TPSA) is 90.7 Å². The van der Waals surface area contributed by atoms with E-state index in [1.54, 1.807) is 18.2 Å². The number of hydrogen-bond donors (Lipinski definition) is 1. The Morgan fingerprint density at radius 2 is 1.80 bits per heavy atom. The molecule has 0 atom stereocenters. The van der Waals surface area contributed by atoms with Crippen LogP contribution in [-0.4, -0.2) is 19.1 Å². The normalized spacial score (nSPS) is 11.4. The maximum Gasteiger partial charge on any atom is 0.416 e. The Hall–Kier alpha value is -3.34. The molecule has 1 heterocycles. The van der Waals surface area contributed by atoms with Crippen molar-refractivity contribution < 1.29 is 27.6 Å². The second-order valence-corrected chi connectivity index (χ2v) is 7.20. The summed E-state index contributed by atoms with van der Waals surface area (Å²) in [6.07, 6.45) is -4.81. The second kappa shape index (κ2) is 8.19. The predicted octanol–water partition coefficient (Wildman–Crippen LogP) is 4.82. The minimum absolute atomic E-state index is 0.129.